The third kappa shape index (κ3) is 6.22. The van der Waals surface area contributed by atoms with E-state index in [1.54, 1.807) is 12.1 Å². The smallest absolute Gasteiger partial charge is 0.244 e. The van der Waals surface area contributed by atoms with Gasteiger partial charge in [0.1, 0.15) is 22.3 Å². The van der Waals surface area contributed by atoms with Crippen molar-refractivity contribution in [1.29, 1.82) is 5.26 Å². The summed E-state index contributed by atoms with van der Waals surface area (Å²) in [4.78, 5) is 1.44. The summed E-state index contributed by atoms with van der Waals surface area (Å²) in [7, 11) is -4.11. The summed E-state index contributed by atoms with van der Waals surface area (Å²) in [5, 5.41) is 8.91. The van der Waals surface area contributed by atoms with Gasteiger partial charge in [0.05, 0.1) is 24.4 Å². The van der Waals surface area contributed by atoms with E-state index < -0.39 is 32.7 Å². The summed E-state index contributed by atoms with van der Waals surface area (Å²) in [5.74, 6) is -1.21. The zero-order valence-corrected chi connectivity index (χ0v) is 19.8. The molecular weight excluding hydrogens is 472 g/mol. The largest absolute Gasteiger partial charge is 0.494 e. The van der Waals surface area contributed by atoms with Gasteiger partial charge in [0, 0.05) is 12.6 Å². The predicted molar refractivity (Wildman–Crippen MR) is 128 cm³/mol. The van der Waals surface area contributed by atoms with Crippen molar-refractivity contribution in [3.05, 3.63) is 83.9 Å². The van der Waals surface area contributed by atoms with Crippen LogP contribution < -0.4 is 9.46 Å². The first-order chi connectivity index (χ1) is 16.9. The lowest BCUT2D eigenvalue weighted by Crippen LogP contribution is -2.44. The van der Waals surface area contributed by atoms with Crippen LogP contribution in [0.5, 0.6) is 5.75 Å². The van der Waals surface area contributed by atoms with Gasteiger partial charge in [-0.05, 0) is 73.3 Å². The molecule has 0 saturated carbocycles. The fourth-order valence-corrected chi connectivity index (χ4v) is 5.42. The van der Waals surface area contributed by atoms with Crippen LogP contribution in [0.15, 0.2) is 71.6 Å². The molecule has 1 saturated heterocycles. The minimum absolute atomic E-state index is 0.448. The van der Waals surface area contributed by atoms with Gasteiger partial charge in [0.25, 0.3) is 0 Å². The molecule has 0 spiro atoms. The van der Waals surface area contributed by atoms with Gasteiger partial charge in [0.2, 0.25) is 10.0 Å². The number of likely N-dealkylation sites (tertiary alicyclic amines) is 1. The van der Waals surface area contributed by atoms with E-state index in [1.807, 2.05) is 41.3 Å². The Labute approximate surface area is 203 Å². The van der Waals surface area contributed by atoms with Gasteiger partial charge in [-0.25, -0.2) is 17.2 Å². The van der Waals surface area contributed by atoms with Crippen LogP contribution in [0.2, 0.25) is 0 Å². The van der Waals surface area contributed by atoms with Crippen molar-refractivity contribution >= 4 is 10.0 Å². The van der Waals surface area contributed by atoms with Gasteiger partial charge >= 0.3 is 0 Å². The van der Waals surface area contributed by atoms with Crippen molar-refractivity contribution in [3.8, 4) is 22.9 Å². The Kier molecular flexibility index (Phi) is 7.76. The quantitative estimate of drug-likeness (QED) is 0.435. The van der Waals surface area contributed by atoms with Crippen LogP contribution in [0.4, 0.5) is 8.78 Å². The van der Waals surface area contributed by atoms with Crippen molar-refractivity contribution in [1.82, 2.24) is 9.62 Å². The third-order valence-corrected chi connectivity index (χ3v) is 7.39. The maximum Gasteiger partial charge on any atom is 0.244 e. The summed E-state index contributed by atoms with van der Waals surface area (Å²) >= 11 is 0. The van der Waals surface area contributed by atoms with Crippen molar-refractivity contribution in [3.63, 3.8) is 0 Å². The molecule has 4 rings (SSSR count). The first kappa shape index (κ1) is 24.8. The standard InChI is InChI=1S/C26H25F2N3O3S/c27-22-10-13-25(24(28)17-22)35(32,33)30-26-3-1-14-31(26)15-2-16-34-23-11-8-21(9-12-23)20-6-4-19(18-29)5-7-20/h4-13,17,26,30H,1-3,14-16H2. The lowest BCUT2D eigenvalue weighted by atomic mass is 10.0. The Balaban J connectivity index is 1.27. The number of nitrogens with zero attached hydrogens (tertiary/aromatic N) is 2. The van der Waals surface area contributed by atoms with Crippen LogP contribution in [-0.4, -0.2) is 39.2 Å². The molecule has 1 fully saturated rings. The first-order valence-corrected chi connectivity index (χ1v) is 12.8. The fraction of sp³-hybridized carbons (Fsp3) is 0.269. The highest BCUT2D eigenvalue weighted by Gasteiger charge is 2.30. The summed E-state index contributed by atoms with van der Waals surface area (Å²) in [6.45, 7) is 1.79. The second-order valence-corrected chi connectivity index (χ2v) is 9.99. The van der Waals surface area contributed by atoms with Gasteiger partial charge in [-0.15, -0.1) is 0 Å². The van der Waals surface area contributed by atoms with E-state index in [2.05, 4.69) is 10.8 Å². The highest BCUT2D eigenvalue weighted by Crippen LogP contribution is 2.24. The number of nitriles is 1. The lowest BCUT2D eigenvalue weighted by molar-refractivity contribution is 0.213. The van der Waals surface area contributed by atoms with Gasteiger partial charge in [-0.2, -0.15) is 9.98 Å². The number of benzene rings is 3. The molecule has 182 valence electrons. The Morgan fingerprint density at radius 3 is 2.37 bits per heavy atom. The maximum absolute atomic E-state index is 14.0. The van der Waals surface area contributed by atoms with Crippen LogP contribution in [-0.2, 0) is 10.0 Å². The van der Waals surface area contributed by atoms with Gasteiger partial charge in [0.15, 0.2) is 0 Å². The van der Waals surface area contributed by atoms with Crippen molar-refractivity contribution in [2.75, 3.05) is 19.7 Å². The number of halogens is 2. The minimum atomic E-state index is -4.11. The van der Waals surface area contributed by atoms with Crippen molar-refractivity contribution in [2.24, 2.45) is 0 Å². The van der Waals surface area contributed by atoms with E-state index in [0.717, 1.165) is 42.0 Å². The molecule has 3 aromatic carbocycles. The highest BCUT2D eigenvalue weighted by molar-refractivity contribution is 7.89. The summed E-state index contributed by atoms with van der Waals surface area (Å²) in [6.07, 6.45) is 1.66. The molecule has 0 aromatic heterocycles. The van der Waals surface area contributed by atoms with E-state index in [-0.39, 0.29) is 0 Å². The molecule has 0 amide bonds. The monoisotopic (exact) mass is 497 g/mol. The number of rotatable bonds is 9. The van der Waals surface area contributed by atoms with E-state index in [0.29, 0.717) is 37.6 Å². The Bertz CT molecular complexity index is 1310. The SMILES string of the molecule is N#Cc1ccc(-c2ccc(OCCCN3CCCC3NS(=O)(=O)c3ccc(F)cc3F)cc2)cc1. The minimum Gasteiger partial charge on any atom is -0.494 e. The summed E-state index contributed by atoms with van der Waals surface area (Å²) in [5.41, 5.74) is 2.65. The third-order valence-electron chi connectivity index (χ3n) is 5.90. The maximum atomic E-state index is 14.0. The molecule has 1 N–H and O–H groups in total. The normalized spacial score (nSPS) is 16.2. The average Bonchev–Trinajstić information content (AvgIpc) is 3.28. The Hall–Kier alpha value is -3.32. The molecule has 35 heavy (non-hydrogen) atoms. The molecule has 0 radical (unpaired) electrons. The van der Waals surface area contributed by atoms with E-state index >= 15 is 0 Å². The zero-order chi connectivity index (χ0) is 24.8. The Morgan fingerprint density at radius 1 is 1.03 bits per heavy atom. The highest BCUT2D eigenvalue weighted by atomic mass is 32.2. The van der Waals surface area contributed by atoms with Crippen LogP contribution >= 0.6 is 0 Å². The van der Waals surface area contributed by atoms with Crippen molar-refractivity contribution < 1.29 is 21.9 Å². The van der Waals surface area contributed by atoms with E-state index in [1.165, 1.54) is 0 Å². The molecule has 1 aliphatic heterocycles. The van der Waals surface area contributed by atoms with Crippen molar-refractivity contribution in [2.45, 2.75) is 30.3 Å². The number of ether oxygens (including phenoxy) is 1. The predicted octanol–water partition coefficient (Wildman–Crippen LogP) is 4.67. The summed E-state index contributed by atoms with van der Waals surface area (Å²) < 4.78 is 60.7. The number of hydrogen-bond acceptors (Lipinski definition) is 5. The number of hydrogen-bond donors (Lipinski definition) is 1. The van der Waals surface area contributed by atoms with Crippen LogP contribution in [0.1, 0.15) is 24.8 Å². The van der Waals surface area contributed by atoms with Crippen LogP contribution in [0.25, 0.3) is 11.1 Å². The lowest BCUT2D eigenvalue weighted by Gasteiger charge is -2.25. The van der Waals surface area contributed by atoms with Crippen LogP contribution in [0.3, 0.4) is 0 Å². The first-order valence-electron chi connectivity index (χ1n) is 11.3. The Morgan fingerprint density at radius 2 is 1.71 bits per heavy atom. The summed E-state index contributed by atoms with van der Waals surface area (Å²) in [6, 6.07) is 19.6. The topological polar surface area (TPSA) is 82.4 Å². The zero-order valence-electron chi connectivity index (χ0n) is 19.0. The van der Waals surface area contributed by atoms with Crippen LogP contribution in [0, 0.1) is 23.0 Å². The van der Waals surface area contributed by atoms with E-state index in [9.17, 15) is 17.2 Å². The average molecular weight is 498 g/mol. The van der Waals surface area contributed by atoms with Gasteiger partial charge in [-0.3, -0.25) is 4.90 Å². The molecule has 0 bridgehead atoms. The number of nitrogens with one attached hydrogen (secondary N) is 1. The van der Waals surface area contributed by atoms with E-state index in [4.69, 9.17) is 10.00 Å². The molecule has 1 heterocycles. The molecule has 1 aliphatic rings. The fourth-order valence-electron chi connectivity index (χ4n) is 4.10. The molecule has 0 aliphatic carbocycles. The van der Waals surface area contributed by atoms with Gasteiger partial charge < -0.3 is 4.74 Å². The molecular formula is C26H25F2N3O3S. The molecule has 6 nitrogen and oxygen atoms in total. The molecule has 3 aromatic rings. The molecule has 1 unspecified atom stereocenters. The molecule has 9 heteroatoms. The van der Waals surface area contributed by atoms with Gasteiger partial charge in [-0.1, -0.05) is 24.3 Å². The molecule has 1 atom stereocenters. The number of sulfonamides is 1. The second-order valence-electron chi connectivity index (χ2n) is 8.31. The second kappa shape index (κ2) is 11.0.